The predicted molar refractivity (Wildman–Crippen MR) is 121 cm³/mol. The Morgan fingerprint density at radius 2 is 1.76 bits per heavy atom. The van der Waals surface area contributed by atoms with Crippen molar-refractivity contribution in [3.8, 4) is 5.75 Å². The summed E-state index contributed by atoms with van der Waals surface area (Å²) in [5.41, 5.74) is 0.942. The van der Waals surface area contributed by atoms with Gasteiger partial charge in [0.25, 0.3) is 5.91 Å². The number of likely N-dealkylation sites (tertiary alicyclic amines) is 1. The van der Waals surface area contributed by atoms with Crippen LogP contribution in [0.2, 0.25) is 0 Å². The molecule has 8 nitrogen and oxygen atoms in total. The number of fused-ring (bicyclic) bond motifs is 3. The number of pyridine rings is 3. The molecular formula is C25H22N4O4. The van der Waals surface area contributed by atoms with Gasteiger partial charge in [0.1, 0.15) is 29.8 Å². The van der Waals surface area contributed by atoms with E-state index >= 15 is 0 Å². The smallest absolute Gasteiger partial charge is 0.272 e. The van der Waals surface area contributed by atoms with Crippen LogP contribution in [0.4, 0.5) is 0 Å². The van der Waals surface area contributed by atoms with Gasteiger partial charge < -0.3 is 19.1 Å². The summed E-state index contributed by atoms with van der Waals surface area (Å²) in [6.45, 7) is 1.70. The van der Waals surface area contributed by atoms with E-state index in [0.717, 1.165) is 21.9 Å². The summed E-state index contributed by atoms with van der Waals surface area (Å²) in [4.78, 5) is 27.6. The molecule has 2 aliphatic rings. The predicted octanol–water partition coefficient (Wildman–Crippen LogP) is 2.87. The second kappa shape index (κ2) is 8.38. The van der Waals surface area contributed by atoms with E-state index in [-0.39, 0.29) is 24.2 Å². The molecule has 6 rings (SSSR count). The third-order valence-corrected chi connectivity index (χ3v) is 6.11. The zero-order valence-electron chi connectivity index (χ0n) is 17.8. The van der Waals surface area contributed by atoms with E-state index < -0.39 is 0 Å². The SMILES string of the molecule is O=C(c1ccc2cccnc2n1)N1C[C@@H]2OCC(Oc3cccc4cnccc34)CO[C@H]2C1. The maximum absolute atomic E-state index is 13.0. The number of nitrogens with zero attached hydrogens (tertiary/aromatic N) is 4. The average molecular weight is 442 g/mol. The molecule has 166 valence electrons. The van der Waals surface area contributed by atoms with Crippen LogP contribution in [0.5, 0.6) is 5.75 Å². The zero-order valence-corrected chi connectivity index (χ0v) is 17.8. The molecule has 0 unspecified atom stereocenters. The first-order valence-corrected chi connectivity index (χ1v) is 11.0. The first-order valence-electron chi connectivity index (χ1n) is 11.0. The molecule has 0 spiro atoms. The minimum atomic E-state index is -0.230. The van der Waals surface area contributed by atoms with E-state index in [9.17, 15) is 4.79 Å². The van der Waals surface area contributed by atoms with Gasteiger partial charge in [-0.25, -0.2) is 9.97 Å². The maximum atomic E-state index is 13.0. The molecule has 0 aliphatic carbocycles. The summed E-state index contributed by atoms with van der Waals surface area (Å²) in [5.74, 6) is 0.645. The van der Waals surface area contributed by atoms with Crippen LogP contribution in [0.3, 0.4) is 0 Å². The summed E-state index contributed by atoms with van der Waals surface area (Å²) in [7, 11) is 0. The lowest BCUT2D eigenvalue weighted by Crippen LogP contribution is -2.33. The number of amides is 1. The highest BCUT2D eigenvalue weighted by Crippen LogP contribution is 2.28. The van der Waals surface area contributed by atoms with Crippen molar-refractivity contribution in [1.29, 1.82) is 0 Å². The summed E-state index contributed by atoms with van der Waals surface area (Å²) in [6.07, 6.45) is 4.62. The Bertz CT molecular complexity index is 1310. The Kier molecular flexibility index (Phi) is 5.09. The third kappa shape index (κ3) is 3.88. The number of ether oxygens (including phenoxy) is 3. The largest absolute Gasteiger partial charge is 0.485 e. The molecule has 2 aliphatic heterocycles. The van der Waals surface area contributed by atoms with Crippen molar-refractivity contribution in [3.05, 3.63) is 72.8 Å². The molecule has 8 heteroatoms. The Balaban J connectivity index is 1.12. The minimum Gasteiger partial charge on any atom is -0.485 e. The second-order valence-electron chi connectivity index (χ2n) is 8.29. The van der Waals surface area contributed by atoms with Gasteiger partial charge in [-0.2, -0.15) is 0 Å². The van der Waals surface area contributed by atoms with Crippen LogP contribution < -0.4 is 4.74 Å². The fourth-order valence-corrected chi connectivity index (χ4v) is 4.42. The third-order valence-electron chi connectivity index (χ3n) is 6.11. The van der Waals surface area contributed by atoms with Gasteiger partial charge in [-0.1, -0.05) is 12.1 Å². The summed E-state index contributed by atoms with van der Waals surface area (Å²) < 4.78 is 18.5. The molecule has 0 N–H and O–H groups in total. The molecule has 0 bridgehead atoms. The van der Waals surface area contributed by atoms with Gasteiger partial charge in [0.15, 0.2) is 5.65 Å². The van der Waals surface area contributed by atoms with Crippen LogP contribution in [0, 0.1) is 0 Å². The lowest BCUT2D eigenvalue weighted by atomic mass is 10.1. The van der Waals surface area contributed by atoms with Crippen molar-refractivity contribution in [3.63, 3.8) is 0 Å². The molecule has 33 heavy (non-hydrogen) atoms. The van der Waals surface area contributed by atoms with E-state index in [1.807, 2.05) is 48.7 Å². The van der Waals surface area contributed by atoms with Crippen LogP contribution in [0.1, 0.15) is 10.5 Å². The van der Waals surface area contributed by atoms with E-state index in [1.54, 1.807) is 23.4 Å². The Morgan fingerprint density at radius 3 is 2.61 bits per heavy atom. The second-order valence-corrected chi connectivity index (χ2v) is 8.29. The Labute approximate surface area is 190 Å². The molecule has 3 aromatic heterocycles. The van der Waals surface area contributed by atoms with Crippen LogP contribution in [0.15, 0.2) is 67.1 Å². The van der Waals surface area contributed by atoms with Crippen molar-refractivity contribution in [2.24, 2.45) is 0 Å². The van der Waals surface area contributed by atoms with Crippen LogP contribution in [-0.2, 0) is 9.47 Å². The monoisotopic (exact) mass is 442 g/mol. The quantitative estimate of drug-likeness (QED) is 0.482. The molecule has 5 heterocycles. The van der Waals surface area contributed by atoms with Gasteiger partial charge in [-0.05, 0) is 36.4 Å². The molecule has 4 aromatic rings. The molecule has 2 saturated heterocycles. The van der Waals surface area contributed by atoms with Gasteiger partial charge in [0, 0.05) is 47.8 Å². The number of hydrogen-bond donors (Lipinski definition) is 0. The maximum Gasteiger partial charge on any atom is 0.272 e. The normalized spacial score (nSPS) is 21.2. The van der Waals surface area contributed by atoms with Gasteiger partial charge in [-0.15, -0.1) is 0 Å². The van der Waals surface area contributed by atoms with Crippen molar-refractivity contribution >= 4 is 27.7 Å². The Morgan fingerprint density at radius 1 is 0.939 bits per heavy atom. The van der Waals surface area contributed by atoms with Crippen molar-refractivity contribution in [2.75, 3.05) is 26.3 Å². The average Bonchev–Trinajstić information content (AvgIpc) is 3.19. The van der Waals surface area contributed by atoms with E-state index in [2.05, 4.69) is 15.0 Å². The van der Waals surface area contributed by atoms with Crippen molar-refractivity contribution < 1.29 is 19.0 Å². The van der Waals surface area contributed by atoms with Crippen LogP contribution in [-0.4, -0.2) is 70.4 Å². The molecule has 1 aromatic carbocycles. The van der Waals surface area contributed by atoms with E-state index in [0.29, 0.717) is 37.6 Å². The van der Waals surface area contributed by atoms with Crippen LogP contribution in [0.25, 0.3) is 21.8 Å². The Hall–Kier alpha value is -3.62. The number of aromatic nitrogens is 3. The number of benzene rings is 1. The zero-order chi connectivity index (χ0) is 22.2. The number of rotatable bonds is 3. The van der Waals surface area contributed by atoms with E-state index in [4.69, 9.17) is 14.2 Å². The molecule has 2 atom stereocenters. The minimum absolute atomic E-state index is 0.139. The molecular weight excluding hydrogens is 420 g/mol. The van der Waals surface area contributed by atoms with Gasteiger partial charge >= 0.3 is 0 Å². The fraction of sp³-hybridized carbons (Fsp3) is 0.280. The first kappa shape index (κ1) is 20.0. The highest BCUT2D eigenvalue weighted by molar-refractivity contribution is 5.94. The van der Waals surface area contributed by atoms with Crippen molar-refractivity contribution in [1.82, 2.24) is 19.9 Å². The first-order chi connectivity index (χ1) is 16.2. The summed E-state index contributed by atoms with van der Waals surface area (Å²) >= 11 is 0. The summed E-state index contributed by atoms with van der Waals surface area (Å²) in [6, 6.07) is 15.2. The van der Waals surface area contributed by atoms with Crippen LogP contribution >= 0.6 is 0 Å². The van der Waals surface area contributed by atoms with Gasteiger partial charge in [0.05, 0.1) is 13.2 Å². The van der Waals surface area contributed by atoms with Gasteiger partial charge in [0.2, 0.25) is 0 Å². The standard InChI is InChI=1S/C25H22N4O4/c30-25(20-7-6-16-4-2-9-27-24(16)28-20)29-12-22-23(13-29)32-15-18(14-31-22)33-21-5-1-3-17-11-26-10-8-19(17)21/h1-11,18,22-23H,12-15H2/t22-,23-/m0/s1. The van der Waals surface area contributed by atoms with Gasteiger partial charge in [-0.3, -0.25) is 9.78 Å². The van der Waals surface area contributed by atoms with Crippen molar-refractivity contribution in [2.45, 2.75) is 18.3 Å². The lowest BCUT2D eigenvalue weighted by molar-refractivity contribution is -0.00461. The molecule has 2 fully saturated rings. The fourth-order valence-electron chi connectivity index (χ4n) is 4.42. The number of hydrogen-bond acceptors (Lipinski definition) is 7. The highest BCUT2D eigenvalue weighted by atomic mass is 16.6. The number of carbonyl (C=O) groups excluding carboxylic acids is 1. The molecule has 0 radical (unpaired) electrons. The number of carbonyl (C=O) groups is 1. The van der Waals surface area contributed by atoms with E-state index in [1.165, 1.54) is 0 Å². The molecule has 0 saturated carbocycles. The molecule has 1 amide bonds. The highest BCUT2D eigenvalue weighted by Gasteiger charge is 2.40. The topological polar surface area (TPSA) is 86.7 Å². The summed E-state index contributed by atoms with van der Waals surface area (Å²) in [5, 5.41) is 2.93. The lowest BCUT2D eigenvalue weighted by Gasteiger charge is -2.20.